The molecule has 0 saturated carbocycles. The number of ether oxygens (including phenoxy) is 2. The molecule has 1 N–H and O–H groups in total. The van der Waals surface area contributed by atoms with Crippen molar-refractivity contribution in [1.82, 2.24) is 19.5 Å². The molecule has 3 aromatic heterocycles. The highest BCUT2D eigenvalue weighted by Gasteiger charge is 2.13. The Labute approximate surface area is 176 Å². The SMILES string of the molecule is COc1ccc(-c2cc3c(=O)n(CC(=O)NCc4cccs4)ccn3n2)cc1OC. The Morgan fingerprint density at radius 3 is 2.70 bits per heavy atom. The van der Waals surface area contributed by atoms with Gasteiger partial charge in [0.05, 0.1) is 26.5 Å². The minimum absolute atomic E-state index is 0.0580. The molecule has 3 heterocycles. The van der Waals surface area contributed by atoms with E-state index in [1.807, 2.05) is 23.6 Å². The van der Waals surface area contributed by atoms with Gasteiger partial charge in [-0.3, -0.25) is 9.59 Å². The third-order valence-corrected chi connectivity index (χ3v) is 5.51. The van der Waals surface area contributed by atoms with Crippen LogP contribution in [0.15, 0.2) is 59.0 Å². The van der Waals surface area contributed by atoms with Gasteiger partial charge in [-0.25, -0.2) is 4.52 Å². The lowest BCUT2D eigenvalue weighted by Crippen LogP contribution is -2.32. The molecule has 0 radical (unpaired) electrons. The number of fused-ring (bicyclic) bond motifs is 1. The van der Waals surface area contributed by atoms with E-state index in [4.69, 9.17) is 9.47 Å². The van der Waals surface area contributed by atoms with Gasteiger partial charge < -0.3 is 19.4 Å². The van der Waals surface area contributed by atoms with Crippen molar-refractivity contribution in [2.24, 2.45) is 0 Å². The largest absolute Gasteiger partial charge is 0.493 e. The highest BCUT2D eigenvalue weighted by molar-refractivity contribution is 7.09. The topological polar surface area (TPSA) is 86.9 Å². The van der Waals surface area contributed by atoms with Crippen LogP contribution >= 0.6 is 11.3 Å². The summed E-state index contributed by atoms with van der Waals surface area (Å²) in [6.45, 7) is 0.390. The number of thiophene rings is 1. The zero-order chi connectivity index (χ0) is 21.1. The molecule has 8 nitrogen and oxygen atoms in total. The van der Waals surface area contributed by atoms with Crippen LogP contribution in [0.4, 0.5) is 0 Å². The predicted molar refractivity (Wildman–Crippen MR) is 114 cm³/mol. The standard InChI is InChI=1S/C21H20N4O4S/c1-28-18-6-5-14(10-19(18)29-2)16-11-17-21(27)24(7-8-25(17)23-16)13-20(26)22-12-15-4-3-9-30-15/h3-11H,12-13H2,1-2H3,(H,22,26). The minimum Gasteiger partial charge on any atom is -0.493 e. The molecule has 0 fully saturated rings. The molecule has 0 unspecified atom stereocenters. The van der Waals surface area contributed by atoms with E-state index in [0.717, 1.165) is 10.4 Å². The van der Waals surface area contributed by atoms with Gasteiger partial charge in [-0.15, -0.1) is 11.3 Å². The van der Waals surface area contributed by atoms with Crippen molar-refractivity contribution in [1.29, 1.82) is 0 Å². The number of benzene rings is 1. The number of carbonyl (C=O) groups is 1. The highest BCUT2D eigenvalue weighted by Crippen LogP contribution is 2.31. The number of aromatic nitrogens is 3. The molecule has 0 aliphatic heterocycles. The first-order valence-electron chi connectivity index (χ1n) is 9.19. The van der Waals surface area contributed by atoms with Crippen LogP contribution in [0.5, 0.6) is 11.5 Å². The van der Waals surface area contributed by atoms with E-state index in [1.165, 1.54) is 9.08 Å². The Bertz CT molecular complexity index is 1240. The van der Waals surface area contributed by atoms with Crippen LogP contribution in [0.3, 0.4) is 0 Å². The zero-order valence-electron chi connectivity index (χ0n) is 16.5. The number of amides is 1. The monoisotopic (exact) mass is 424 g/mol. The second-order valence-electron chi connectivity index (χ2n) is 6.52. The molecule has 0 aliphatic carbocycles. The Hall–Kier alpha value is -3.59. The van der Waals surface area contributed by atoms with Gasteiger partial charge in [-0.2, -0.15) is 5.10 Å². The highest BCUT2D eigenvalue weighted by atomic mass is 32.1. The average molecular weight is 424 g/mol. The third-order valence-electron chi connectivity index (χ3n) is 4.64. The summed E-state index contributed by atoms with van der Waals surface area (Å²) in [5, 5.41) is 9.25. The van der Waals surface area contributed by atoms with Gasteiger partial charge >= 0.3 is 0 Å². The van der Waals surface area contributed by atoms with Crippen LogP contribution < -0.4 is 20.3 Å². The second-order valence-corrected chi connectivity index (χ2v) is 7.55. The van der Waals surface area contributed by atoms with E-state index in [-0.39, 0.29) is 18.0 Å². The number of rotatable bonds is 7. The number of nitrogens with one attached hydrogen (secondary N) is 1. The summed E-state index contributed by atoms with van der Waals surface area (Å²) in [7, 11) is 3.13. The number of carbonyl (C=O) groups excluding carboxylic acids is 1. The van der Waals surface area contributed by atoms with E-state index >= 15 is 0 Å². The van der Waals surface area contributed by atoms with E-state index in [9.17, 15) is 9.59 Å². The first-order valence-corrected chi connectivity index (χ1v) is 10.1. The fraction of sp³-hybridized carbons (Fsp3) is 0.190. The van der Waals surface area contributed by atoms with Crippen LogP contribution in [-0.2, 0) is 17.9 Å². The maximum atomic E-state index is 12.8. The molecule has 0 bridgehead atoms. The smallest absolute Gasteiger partial charge is 0.277 e. The molecular formula is C21H20N4O4S. The fourth-order valence-corrected chi connectivity index (χ4v) is 3.74. The summed E-state index contributed by atoms with van der Waals surface area (Å²) in [5.74, 6) is 0.960. The fourth-order valence-electron chi connectivity index (χ4n) is 3.10. The van der Waals surface area contributed by atoms with Gasteiger partial charge in [0.2, 0.25) is 5.91 Å². The molecule has 9 heteroatoms. The molecule has 4 rings (SSSR count). The van der Waals surface area contributed by atoms with E-state index in [1.54, 1.807) is 56.1 Å². The zero-order valence-corrected chi connectivity index (χ0v) is 17.3. The molecular weight excluding hydrogens is 404 g/mol. The van der Waals surface area contributed by atoms with Gasteiger partial charge in [-0.05, 0) is 35.7 Å². The summed E-state index contributed by atoms with van der Waals surface area (Å²) in [6.07, 6.45) is 3.22. The van der Waals surface area contributed by atoms with Crippen LogP contribution in [0, 0.1) is 0 Å². The molecule has 0 saturated heterocycles. The van der Waals surface area contributed by atoms with Gasteiger partial charge in [0.25, 0.3) is 5.56 Å². The van der Waals surface area contributed by atoms with Crippen molar-refractivity contribution in [3.05, 3.63) is 69.4 Å². The molecule has 1 amide bonds. The van der Waals surface area contributed by atoms with Crippen LogP contribution in [0.25, 0.3) is 16.8 Å². The van der Waals surface area contributed by atoms with E-state index < -0.39 is 0 Å². The number of hydrogen-bond acceptors (Lipinski definition) is 6. The van der Waals surface area contributed by atoms with Crippen LogP contribution in [0.2, 0.25) is 0 Å². The first kappa shape index (κ1) is 19.7. The predicted octanol–water partition coefficient (Wildman–Crippen LogP) is 2.56. The van der Waals surface area contributed by atoms with Crippen molar-refractivity contribution in [2.75, 3.05) is 14.2 Å². The first-order chi connectivity index (χ1) is 14.6. The molecule has 30 heavy (non-hydrogen) atoms. The average Bonchev–Trinajstić information content (AvgIpc) is 3.44. The lowest BCUT2D eigenvalue weighted by atomic mass is 10.1. The lowest BCUT2D eigenvalue weighted by molar-refractivity contribution is -0.121. The maximum Gasteiger partial charge on any atom is 0.277 e. The van der Waals surface area contributed by atoms with E-state index in [0.29, 0.717) is 29.3 Å². The van der Waals surface area contributed by atoms with Crippen molar-refractivity contribution in [2.45, 2.75) is 13.1 Å². The number of hydrogen-bond donors (Lipinski definition) is 1. The quantitative estimate of drug-likeness (QED) is 0.493. The van der Waals surface area contributed by atoms with Gasteiger partial charge in [0.1, 0.15) is 12.1 Å². The Kier molecular flexibility index (Phi) is 5.53. The van der Waals surface area contributed by atoms with Gasteiger partial charge in [0, 0.05) is 22.8 Å². The van der Waals surface area contributed by atoms with Gasteiger partial charge in [-0.1, -0.05) is 6.07 Å². The summed E-state index contributed by atoms with van der Waals surface area (Å²) >= 11 is 1.57. The molecule has 0 aliphatic rings. The maximum absolute atomic E-state index is 12.8. The van der Waals surface area contributed by atoms with Crippen molar-refractivity contribution in [3.63, 3.8) is 0 Å². The molecule has 1 aromatic carbocycles. The molecule has 0 atom stereocenters. The Morgan fingerprint density at radius 1 is 1.13 bits per heavy atom. The normalized spacial score (nSPS) is 10.9. The van der Waals surface area contributed by atoms with Gasteiger partial charge in [0.15, 0.2) is 11.5 Å². The summed E-state index contributed by atoms with van der Waals surface area (Å²) in [6, 6.07) is 11.0. The van der Waals surface area contributed by atoms with Crippen LogP contribution in [-0.4, -0.2) is 34.3 Å². The Morgan fingerprint density at radius 2 is 1.97 bits per heavy atom. The van der Waals surface area contributed by atoms with Crippen LogP contribution in [0.1, 0.15) is 4.88 Å². The Balaban J connectivity index is 1.57. The summed E-state index contributed by atoms with van der Waals surface area (Å²) in [4.78, 5) is 26.1. The number of methoxy groups -OCH3 is 2. The second kappa shape index (κ2) is 8.42. The van der Waals surface area contributed by atoms with E-state index in [2.05, 4.69) is 10.4 Å². The van der Waals surface area contributed by atoms with Crippen molar-refractivity contribution >= 4 is 22.8 Å². The molecule has 4 aromatic rings. The van der Waals surface area contributed by atoms with Crippen molar-refractivity contribution < 1.29 is 14.3 Å². The molecule has 154 valence electrons. The number of nitrogens with zero attached hydrogens (tertiary/aromatic N) is 3. The molecule has 0 spiro atoms. The van der Waals surface area contributed by atoms with Crippen molar-refractivity contribution in [3.8, 4) is 22.8 Å². The lowest BCUT2D eigenvalue weighted by Gasteiger charge is -2.08. The summed E-state index contributed by atoms with van der Waals surface area (Å²) in [5.41, 5.74) is 1.50. The third kappa shape index (κ3) is 3.92. The summed E-state index contributed by atoms with van der Waals surface area (Å²) < 4.78 is 13.5. The minimum atomic E-state index is -0.289.